The number of rotatable bonds is 5. The molecule has 6 heteroatoms. The second kappa shape index (κ2) is 5.24. The molecule has 1 N–H and O–H groups in total. The number of thiophene rings is 1. The van der Waals surface area contributed by atoms with Gasteiger partial charge in [-0.3, -0.25) is 10.1 Å². The standard InChI is InChI=1S/C12H20N2O3S/c1-6-12(3,4)13(5)11-9(14(16)17)7-10(18-11)8(2)15/h7-8,15H,6H2,1-5H3/t8-/m1/s1. The van der Waals surface area contributed by atoms with Gasteiger partial charge in [0.15, 0.2) is 5.00 Å². The first-order valence-electron chi connectivity index (χ1n) is 5.90. The van der Waals surface area contributed by atoms with Crippen LogP contribution in [0.25, 0.3) is 0 Å². The highest BCUT2D eigenvalue weighted by atomic mass is 32.1. The predicted octanol–water partition coefficient (Wildman–Crippen LogP) is 3.33. The van der Waals surface area contributed by atoms with Gasteiger partial charge in [-0.25, -0.2) is 0 Å². The van der Waals surface area contributed by atoms with Gasteiger partial charge in [-0.15, -0.1) is 11.3 Å². The van der Waals surface area contributed by atoms with E-state index in [1.54, 1.807) is 6.92 Å². The summed E-state index contributed by atoms with van der Waals surface area (Å²) in [7, 11) is 1.86. The van der Waals surface area contributed by atoms with Gasteiger partial charge in [0.1, 0.15) is 0 Å². The quantitative estimate of drug-likeness (QED) is 0.659. The summed E-state index contributed by atoms with van der Waals surface area (Å²) in [4.78, 5) is 13.2. The summed E-state index contributed by atoms with van der Waals surface area (Å²) in [6.07, 6.45) is 0.198. The zero-order valence-electron chi connectivity index (χ0n) is 11.4. The second-order valence-corrected chi connectivity index (χ2v) is 6.06. The third kappa shape index (κ3) is 2.81. The van der Waals surface area contributed by atoms with Gasteiger partial charge in [-0.05, 0) is 27.2 Å². The molecule has 0 fully saturated rings. The molecule has 1 rings (SSSR count). The van der Waals surface area contributed by atoms with Crippen molar-refractivity contribution in [3.8, 4) is 0 Å². The number of hydrogen-bond acceptors (Lipinski definition) is 5. The van der Waals surface area contributed by atoms with E-state index in [1.165, 1.54) is 17.4 Å². The molecule has 0 aromatic carbocycles. The van der Waals surface area contributed by atoms with Crippen molar-refractivity contribution in [3.63, 3.8) is 0 Å². The maximum atomic E-state index is 11.1. The fourth-order valence-corrected chi connectivity index (χ4v) is 2.67. The van der Waals surface area contributed by atoms with Crippen molar-refractivity contribution < 1.29 is 10.0 Å². The molecule has 1 atom stereocenters. The first-order valence-corrected chi connectivity index (χ1v) is 6.72. The molecule has 0 aliphatic heterocycles. The Morgan fingerprint density at radius 2 is 2.17 bits per heavy atom. The topological polar surface area (TPSA) is 66.6 Å². The Morgan fingerprint density at radius 1 is 1.61 bits per heavy atom. The molecule has 1 aromatic heterocycles. The Morgan fingerprint density at radius 3 is 2.56 bits per heavy atom. The van der Waals surface area contributed by atoms with Crippen LogP contribution < -0.4 is 4.90 Å². The Balaban J connectivity index is 3.26. The molecule has 0 aliphatic carbocycles. The van der Waals surface area contributed by atoms with E-state index in [0.29, 0.717) is 9.88 Å². The van der Waals surface area contributed by atoms with Crippen LogP contribution in [0.3, 0.4) is 0 Å². The molecule has 1 aromatic rings. The van der Waals surface area contributed by atoms with Gasteiger partial charge in [0.2, 0.25) is 0 Å². The number of aliphatic hydroxyl groups excluding tert-OH is 1. The minimum atomic E-state index is -0.680. The molecular formula is C12H20N2O3S. The van der Waals surface area contributed by atoms with Crippen LogP contribution in [0.2, 0.25) is 0 Å². The lowest BCUT2D eigenvalue weighted by atomic mass is 10.0. The van der Waals surface area contributed by atoms with E-state index in [0.717, 1.165) is 6.42 Å². The molecule has 0 amide bonds. The van der Waals surface area contributed by atoms with E-state index in [4.69, 9.17) is 0 Å². The highest BCUT2D eigenvalue weighted by Gasteiger charge is 2.30. The number of anilines is 1. The molecule has 0 radical (unpaired) electrons. The Bertz CT molecular complexity index is 441. The average Bonchev–Trinajstić information content (AvgIpc) is 2.72. The Kier molecular flexibility index (Phi) is 4.34. The molecule has 0 aliphatic rings. The van der Waals surface area contributed by atoms with E-state index < -0.39 is 6.10 Å². The SMILES string of the molecule is CCC(C)(C)N(C)c1sc([C@@H](C)O)cc1[N+](=O)[O-]. The summed E-state index contributed by atoms with van der Waals surface area (Å²) in [6, 6.07) is 1.47. The van der Waals surface area contributed by atoms with Crippen LogP contribution in [-0.2, 0) is 0 Å². The van der Waals surface area contributed by atoms with Crippen LogP contribution in [0.15, 0.2) is 6.07 Å². The molecule has 0 saturated carbocycles. The highest BCUT2D eigenvalue weighted by Crippen LogP contribution is 2.42. The van der Waals surface area contributed by atoms with Crippen molar-refractivity contribution in [2.75, 3.05) is 11.9 Å². The zero-order chi connectivity index (χ0) is 14.1. The summed E-state index contributed by atoms with van der Waals surface area (Å²) in [5.41, 5.74) is -0.0918. The lowest BCUT2D eigenvalue weighted by Gasteiger charge is -2.35. The van der Waals surface area contributed by atoms with E-state index in [2.05, 4.69) is 0 Å². The summed E-state index contributed by atoms with van der Waals surface area (Å²) >= 11 is 1.28. The van der Waals surface area contributed by atoms with Gasteiger partial charge in [-0.1, -0.05) is 6.92 Å². The molecule has 18 heavy (non-hydrogen) atoms. The van der Waals surface area contributed by atoms with E-state index in [1.807, 2.05) is 32.7 Å². The van der Waals surface area contributed by atoms with Gasteiger partial charge in [0.05, 0.1) is 11.0 Å². The van der Waals surface area contributed by atoms with Crippen LogP contribution in [0.1, 0.15) is 45.1 Å². The molecule has 102 valence electrons. The summed E-state index contributed by atoms with van der Waals surface area (Å²) in [5.74, 6) is 0. The van der Waals surface area contributed by atoms with Crippen LogP contribution in [0.4, 0.5) is 10.7 Å². The van der Waals surface area contributed by atoms with Gasteiger partial charge in [0.25, 0.3) is 0 Å². The first kappa shape index (κ1) is 14.9. The van der Waals surface area contributed by atoms with Crippen molar-refractivity contribution >= 4 is 22.0 Å². The molecule has 5 nitrogen and oxygen atoms in total. The normalized spacial score (nSPS) is 13.4. The number of hydrogen-bond donors (Lipinski definition) is 1. The van der Waals surface area contributed by atoms with E-state index in [9.17, 15) is 15.2 Å². The fraction of sp³-hybridized carbons (Fsp3) is 0.667. The fourth-order valence-electron chi connectivity index (χ4n) is 1.48. The van der Waals surface area contributed by atoms with Gasteiger partial charge in [-0.2, -0.15) is 0 Å². The van der Waals surface area contributed by atoms with Crippen molar-refractivity contribution in [3.05, 3.63) is 21.1 Å². The van der Waals surface area contributed by atoms with Crippen molar-refractivity contribution in [1.29, 1.82) is 0 Å². The Hall–Kier alpha value is -1.14. The van der Waals surface area contributed by atoms with Crippen LogP contribution in [0, 0.1) is 10.1 Å². The summed E-state index contributed by atoms with van der Waals surface area (Å²) < 4.78 is 0. The zero-order valence-corrected chi connectivity index (χ0v) is 12.2. The molecule has 0 bridgehead atoms. The third-order valence-corrected chi connectivity index (χ3v) is 4.77. The summed E-state index contributed by atoms with van der Waals surface area (Å²) in [5, 5.41) is 21.2. The van der Waals surface area contributed by atoms with Gasteiger partial charge < -0.3 is 10.0 Å². The monoisotopic (exact) mass is 272 g/mol. The first-order chi connectivity index (χ1) is 8.20. The number of aliphatic hydroxyl groups is 1. The molecule has 1 heterocycles. The second-order valence-electron chi connectivity index (χ2n) is 5.00. The van der Waals surface area contributed by atoms with Crippen molar-refractivity contribution in [1.82, 2.24) is 0 Å². The molecule has 0 spiro atoms. The smallest absolute Gasteiger partial charge is 0.304 e. The van der Waals surface area contributed by atoms with Gasteiger partial charge >= 0.3 is 5.69 Å². The Labute approximate surface area is 111 Å². The number of nitrogens with zero attached hydrogens (tertiary/aromatic N) is 2. The minimum Gasteiger partial charge on any atom is -0.388 e. The third-order valence-electron chi connectivity index (χ3n) is 3.40. The summed E-state index contributed by atoms with van der Waals surface area (Å²) in [6.45, 7) is 7.74. The van der Waals surface area contributed by atoms with Crippen LogP contribution in [0.5, 0.6) is 0 Å². The van der Waals surface area contributed by atoms with Crippen LogP contribution in [-0.4, -0.2) is 22.6 Å². The average molecular weight is 272 g/mol. The predicted molar refractivity (Wildman–Crippen MR) is 74.4 cm³/mol. The maximum Gasteiger partial charge on any atom is 0.304 e. The lowest BCUT2D eigenvalue weighted by molar-refractivity contribution is -0.383. The van der Waals surface area contributed by atoms with Gasteiger partial charge in [0, 0.05) is 23.5 Å². The largest absolute Gasteiger partial charge is 0.388 e. The van der Waals surface area contributed by atoms with Crippen LogP contribution >= 0.6 is 11.3 Å². The highest BCUT2D eigenvalue weighted by molar-refractivity contribution is 7.16. The van der Waals surface area contributed by atoms with E-state index >= 15 is 0 Å². The molecular weight excluding hydrogens is 252 g/mol. The maximum absolute atomic E-state index is 11.1. The minimum absolute atomic E-state index is 0.0694. The number of nitro groups is 1. The lowest BCUT2D eigenvalue weighted by Crippen LogP contribution is -2.40. The molecule has 0 saturated heterocycles. The molecule has 0 unspecified atom stereocenters. The van der Waals surface area contributed by atoms with Crippen molar-refractivity contribution in [2.45, 2.75) is 45.8 Å². The van der Waals surface area contributed by atoms with E-state index in [-0.39, 0.29) is 16.1 Å². The van der Waals surface area contributed by atoms with Crippen molar-refractivity contribution in [2.24, 2.45) is 0 Å².